The van der Waals surface area contributed by atoms with E-state index in [9.17, 15) is 10.1 Å². The summed E-state index contributed by atoms with van der Waals surface area (Å²) in [5.74, 6) is -1.98. The number of benzene rings is 2. The van der Waals surface area contributed by atoms with Gasteiger partial charge in [-0.2, -0.15) is 15.8 Å². The van der Waals surface area contributed by atoms with Crippen molar-refractivity contribution in [3.8, 4) is 18.2 Å². The third-order valence-electron chi connectivity index (χ3n) is 4.49. The Labute approximate surface area is 162 Å². The molecule has 1 atom stereocenters. The van der Waals surface area contributed by atoms with Gasteiger partial charge in [-0.1, -0.05) is 48.5 Å². The second-order valence-corrected chi connectivity index (χ2v) is 6.11. The van der Waals surface area contributed by atoms with Gasteiger partial charge in [-0.3, -0.25) is 10.2 Å². The lowest BCUT2D eigenvalue weighted by atomic mass is 9.88. The number of rotatable bonds is 4. The van der Waals surface area contributed by atoms with Gasteiger partial charge in [-0.15, -0.1) is 0 Å². The number of nitrogens with zero attached hydrogens (tertiary/aromatic N) is 3. The summed E-state index contributed by atoms with van der Waals surface area (Å²) in [6.45, 7) is 0. The van der Waals surface area contributed by atoms with Crippen molar-refractivity contribution in [3.63, 3.8) is 0 Å². The minimum absolute atomic E-state index is 0.000800. The molecule has 6 nitrogen and oxygen atoms in total. The molecule has 6 heteroatoms. The second kappa shape index (κ2) is 7.99. The SMILES string of the molecule is N#CCc1ccccc1C(C#N)=C1OC(=N)C(c2ccccc2CC#N)C1=O. The molecular weight excluding hydrogens is 352 g/mol. The van der Waals surface area contributed by atoms with Crippen LogP contribution in [0.4, 0.5) is 0 Å². The number of allylic oxidation sites excluding steroid dienone is 2. The Bertz CT molecular complexity index is 1130. The van der Waals surface area contributed by atoms with Crippen molar-refractivity contribution >= 4 is 17.3 Å². The monoisotopic (exact) mass is 366 g/mol. The zero-order valence-corrected chi connectivity index (χ0v) is 14.8. The first-order valence-electron chi connectivity index (χ1n) is 8.47. The number of carbonyl (C=O) groups is 1. The summed E-state index contributed by atoms with van der Waals surface area (Å²) in [7, 11) is 0. The number of nitriles is 3. The molecule has 0 aromatic heterocycles. The van der Waals surface area contributed by atoms with E-state index in [-0.39, 0.29) is 30.1 Å². The van der Waals surface area contributed by atoms with Crippen molar-refractivity contribution in [2.45, 2.75) is 18.8 Å². The number of nitrogens with one attached hydrogen (secondary N) is 1. The highest BCUT2D eigenvalue weighted by Crippen LogP contribution is 2.36. The summed E-state index contributed by atoms with van der Waals surface area (Å²) < 4.78 is 5.44. The molecule has 3 rings (SSSR count). The number of carbonyl (C=O) groups excluding carboxylic acids is 1. The first-order valence-corrected chi connectivity index (χ1v) is 8.47. The lowest BCUT2D eigenvalue weighted by Crippen LogP contribution is -2.14. The Morgan fingerprint density at radius 2 is 1.57 bits per heavy atom. The summed E-state index contributed by atoms with van der Waals surface area (Å²) in [6.07, 6.45) is 0.178. The van der Waals surface area contributed by atoms with Crippen LogP contribution in [0, 0.1) is 39.4 Å². The van der Waals surface area contributed by atoms with Crippen LogP contribution >= 0.6 is 0 Å². The van der Waals surface area contributed by atoms with Crippen LogP contribution in [0.3, 0.4) is 0 Å². The minimum Gasteiger partial charge on any atom is -0.437 e. The van der Waals surface area contributed by atoms with Gasteiger partial charge in [0.15, 0.2) is 5.76 Å². The molecule has 28 heavy (non-hydrogen) atoms. The molecule has 1 aliphatic heterocycles. The smallest absolute Gasteiger partial charge is 0.216 e. The molecule has 0 spiro atoms. The Hall–Kier alpha value is -4.21. The van der Waals surface area contributed by atoms with Crippen LogP contribution in [0.5, 0.6) is 0 Å². The van der Waals surface area contributed by atoms with Gasteiger partial charge in [0.1, 0.15) is 17.6 Å². The summed E-state index contributed by atoms with van der Waals surface area (Å²) in [5.41, 5.74) is 2.21. The van der Waals surface area contributed by atoms with E-state index in [1.54, 1.807) is 48.5 Å². The molecule has 2 aromatic rings. The highest BCUT2D eigenvalue weighted by atomic mass is 16.5. The van der Waals surface area contributed by atoms with E-state index < -0.39 is 11.7 Å². The van der Waals surface area contributed by atoms with Gasteiger partial charge >= 0.3 is 0 Å². The molecule has 0 saturated carbocycles. The maximum Gasteiger partial charge on any atom is 0.216 e. The summed E-state index contributed by atoms with van der Waals surface area (Å²) >= 11 is 0. The van der Waals surface area contributed by atoms with Crippen molar-refractivity contribution in [1.29, 1.82) is 21.2 Å². The molecule has 0 radical (unpaired) electrons. The molecular formula is C22H14N4O2. The zero-order chi connectivity index (χ0) is 20.1. The maximum absolute atomic E-state index is 13.1. The fourth-order valence-electron chi connectivity index (χ4n) is 3.22. The Balaban J connectivity index is 2.12. The van der Waals surface area contributed by atoms with Crippen LogP contribution in [0.2, 0.25) is 0 Å². The molecule has 0 amide bonds. The quantitative estimate of drug-likeness (QED) is 0.656. The van der Waals surface area contributed by atoms with Crippen molar-refractivity contribution in [3.05, 3.63) is 76.5 Å². The van der Waals surface area contributed by atoms with Crippen molar-refractivity contribution in [2.75, 3.05) is 0 Å². The predicted molar refractivity (Wildman–Crippen MR) is 101 cm³/mol. The summed E-state index contributed by atoms with van der Waals surface area (Å²) in [4.78, 5) is 13.1. The lowest BCUT2D eigenvalue weighted by Gasteiger charge is -2.10. The van der Waals surface area contributed by atoms with Crippen molar-refractivity contribution < 1.29 is 9.53 Å². The second-order valence-electron chi connectivity index (χ2n) is 6.11. The van der Waals surface area contributed by atoms with Crippen LogP contribution < -0.4 is 0 Å². The highest BCUT2D eigenvalue weighted by Gasteiger charge is 2.41. The fraction of sp³-hybridized carbons (Fsp3) is 0.136. The minimum atomic E-state index is -0.994. The average molecular weight is 366 g/mol. The number of hydrogen-bond acceptors (Lipinski definition) is 6. The Kier molecular flexibility index (Phi) is 5.30. The molecule has 2 aromatic carbocycles. The average Bonchev–Trinajstić information content (AvgIpc) is 2.99. The molecule has 1 fully saturated rings. The normalized spacial score (nSPS) is 17.2. The lowest BCUT2D eigenvalue weighted by molar-refractivity contribution is -0.115. The third-order valence-corrected chi connectivity index (χ3v) is 4.49. The van der Waals surface area contributed by atoms with E-state index in [1.165, 1.54) is 0 Å². The summed E-state index contributed by atoms with van der Waals surface area (Å²) in [6, 6.07) is 19.8. The van der Waals surface area contributed by atoms with Crippen molar-refractivity contribution in [1.82, 2.24) is 0 Å². The number of Topliss-reactive ketones (excluding diaryl/α,β-unsaturated/α-hetero) is 1. The molecule has 1 heterocycles. The first kappa shape index (κ1) is 18.6. The van der Waals surface area contributed by atoms with E-state index >= 15 is 0 Å². The zero-order valence-electron chi connectivity index (χ0n) is 14.8. The molecule has 1 N–H and O–H groups in total. The number of hydrogen-bond donors (Lipinski definition) is 1. The molecule has 134 valence electrons. The molecule has 1 saturated heterocycles. The van der Waals surface area contributed by atoms with Crippen LogP contribution in [0.15, 0.2) is 54.3 Å². The highest BCUT2D eigenvalue weighted by molar-refractivity contribution is 6.22. The van der Waals surface area contributed by atoms with E-state index in [1.807, 2.05) is 12.1 Å². The first-order chi connectivity index (χ1) is 13.6. The molecule has 1 unspecified atom stereocenters. The van der Waals surface area contributed by atoms with Gasteiger partial charge < -0.3 is 4.74 Å². The van der Waals surface area contributed by atoms with Gasteiger partial charge in [-0.25, -0.2) is 0 Å². The largest absolute Gasteiger partial charge is 0.437 e. The topological polar surface area (TPSA) is 122 Å². The number of ketones is 1. The Morgan fingerprint density at radius 1 is 0.964 bits per heavy atom. The molecule has 0 aliphatic carbocycles. The summed E-state index contributed by atoms with van der Waals surface area (Å²) in [5, 5.41) is 35.9. The van der Waals surface area contributed by atoms with Gasteiger partial charge in [0.25, 0.3) is 0 Å². The maximum atomic E-state index is 13.1. The third kappa shape index (κ3) is 3.26. The standard InChI is InChI=1S/C22H14N4O2/c23-11-9-14-5-1-3-7-16(14)18(13-25)21-20(27)19(22(26)28-21)17-8-4-2-6-15(17)10-12-24/h1-8,19,26H,9-10H2. The van der Waals surface area contributed by atoms with Gasteiger partial charge in [0.2, 0.25) is 11.7 Å². The van der Waals surface area contributed by atoms with Gasteiger partial charge in [-0.05, 0) is 16.7 Å². The van der Waals surface area contributed by atoms with Crippen LogP contribution in [-0.2, 0) is 22.4 Å². The van der Waals surface area contributed by atoms with Crippen LogP contribution in [0.1, 0.15) is 28.2 Å². The number of ether oxygens (including phenoxy) is 1. The van der Waals surface area contributed by atoms with E-state index in [0.29, 0.717) is 22.3 Å². The van der Waals surface area contributed by atoms with Crippen LogP contribution in [-0.4, -0.2) is 11.7 Å². The van der Waals surface area contributed by atoms with Gasteiger partial charge in [0.05, 0.1) is 25.0 Å². The Morgan fingerprint density at radius 3 is 2.25 bits per heavy atom. The van der Waals surface area contributed by atoms with Crippen LogP contribution in [0.25, 0.3) is 5.57 Å². The van der Waals surface area contributed by atoms with Gasteiger partial charge in [0, 0.05) is 5.56 Å². The molecule has 0 bridgehead atoms. The molecule has 1 aliphatic rings. The van der Waals surface area contributed by atoms with E-state index in [4.69, 9.17) is 20.7 Å². The predicted octanol–water partition coefficient (Wildman–Crippen LogP) is 3.41. The fourth-order valence-corrected chi connectivity index (χ4v) is 3.22. The van der Waals surface area contributed by atoms with E-state index in [2.05, 4.69) is 6.07 Å². The van der Waals surface area contributed by atoms with Crippen molar-refractivity contribution in [2.24, 2.45) is 0 Å². The van der Waals surface area contributed by atoms with E-state index in [0.717, 1.165) is 0 Å².